The van der Waals surface area contributed by atoms with Crippen molar-refractivity contribution in [2.75, 3.05) is 12.8 Å². The van der Waals surface area contributed by atoms with Crippen LogP contribution in [0.25, 0.3) is 22.2 Å². The molecule has 1 heterocycles. The van der Waals surface area contributed by atoms with Crippen LogP contribution in [0.5, 0.6) is 5.75 Å². The molecule has 0 bridgehead atoms. The van der Waals surface area contributed by atoms with E-state index in [0.717, 1.165) is 16.5 Å². The predicted octanol–water partition coefficient (Wildman–Crippen LogP) is 2.97. The molecule has 0 aliphatic rings. The fourth-order valence-corrected chi connectivity index (χ4v) is 2.33. The molecule has 3 aromatic rings. The highest BCUT2D eigenvalue weighted by Gasteiger charge is 2.14. The summed E-state index contributed by atoms with van der Waals surface area (Å²) in [6.07, 6.45) is 0. The third-order valence-electron chi connectivity index (χ3n) is 3.30. The average Bonchev–Trinajstić information content (AvgIpc) is 2.74. The highest BCUT2D eigenvalue weighted by Crippen LogP contribution is 2.33. The summed E-state index contributed by atoms with van der Waals surface area (Å²) in [5, 5.41) is 5.33. The molecule has 4 nitrogen and oxygen atoms in total. The number of hydrogen-bond donors (Lipinski definition) is 1. The third-order valence-corrected chi connectivity index (χ3v) is 3.30. The minimum Gasteiger partial charge on any atom is -0.495 e. The first kappa shape index (κ1) is 12.5. The summed E-state index contributed by atoms with van der Waals surface area (Å²) in [6.45, 7) is 0. The van der Waals surface area contributed by atoms with Gasteiger partial charge in [-0.2, -0.15) is 5.10 Å². The number of benzene rings is 2. The van der Waals surface area contributed by atoms with Crippen LogP contribution in [0.2, 0.25) is 0 Å². The number of anilines is 1. The van der Waals surface area contributed by atoms with Gasteiger partial charge in [-0.15, -0.1) is 0 Å². The molecule has 0 fully saturated rings. The van der Waals surface area contributed by atoms with Gasteiger partial charge in [0, 0.05) is 24.1 Å². The Morgan fingerprint density at radius 1 is 1.25 bits per heavy atom. The van der Waals surface area contributed by atoms with Crippen molar-refractivity contribution in [2.45, 2.75) is 0 Å². The highest BCUT2D eigenvalue weighted by molar-refractivity contribution is 5.96. The molecule has 2 aromatic carbocycles. The molecule has 1 aromatic heterocycles. The minimum atomic E-state index is -0.289. The Morgan fingerprint density at radius 3 is 2.75 bits per heavy atom. The molecule has 5 heteroatoms. The number of aryl methyl sites for hydroxylation is 1. The molecule has 0 aliphatic carbocycles. The van der Waals surface area contributed by atoms with Crippen LogP contribution in [0.15, 0.2) is 36.4 Å². The fourth-order valence-electron chi connectivity index (χ4n) is 2.33. The van der Waals surface area contributed by atoms with Crippen molar-refractivity contribution >= 4 is 16.6 Å². The Balaban J connectivity index is 2.30. The Kier molecular flexibility index (Phi) is 2.82. The van der Waals surface area contributed by atoms with Gasteiger partial charge in [0.25, 0.3) is 0 Å². The van der Waals surface area contributed by atoms with Crippen molar-refractivity contribution in [3.63, 3.8) is 0 Å². The van der Waals surface area contributed by atoms with Gasteiger partial charge in [-0.3, -0.25) is 4.68 Å². The smallest absolute Gasteiger partial charge is 0.143 e. The number of methoxy groups -OCH3 is 1. The second-order valence-electron chi connectivity index (χ2n) is 4.59. The van der Waals surface area contributed by atoms with Crippen LogP contribution in [0, 0.1) is 5.82 Å². The maximum Gasteiger partial charge on any atom is 0.143 e. The molecule has 3 rings (SSSR count). The first-order valence-electron chi connectivity index (χ1n) is 6.16. The number of nitrogen functional groups attached to an aromatic ring is 1. The van der Waals surface area contributed by atoms with Crippen LogP contribution in [-0.2, 0) is 7.05 Å². The molecule has 0 spiro atoms. The molecule has 102 valence electrons. The number of halogens is 1. The van der Waals surface area contributed by atoms with Crippen LogP contribution >= 0.6 is 0 Å². The first-order valence-corrected chi connectivity index (χ1v) is 6.16. The number of nitrogens with zero attached hydrogens (tertiary/aromatic N) is 2. The van der Waals surface area contributed by atoms with Crippen molar-refractivity contribution in [3.05, 3.63) is 42.2 Å². The van der Waals surface area contributed by atoms with Crippen molar-refractivity contribution in [1.29, 1.82) is 0 Å². The number of ether oxygens (including phenoxy) is 1. The van der Waals surface area contributed by atoms with Crippen molar-refractivity contribution in [2.24, 2.45) is 7.05 Å². The summed E-state index contributed by atoms with van der Waals surface area (Å²) in [5.41, 5.74) is 8.79. The van der Waals surface area contributed by atoms with Gasteiger partial charge in [-0.05, 0) is 18.2 Å². The Morgan fingerprint density at radius 2 is 2.05 bits per heavy atom. The second-order valence-corrected chi connectivity index (χ2v) is 4.59. The summed E-state index contributed by atoms with van der Waals surface area (Å²) in [4.78, 5) is 0. The van der Waals surface area contributed by atoms with E-state index in [0.29, 0.717) is 17.1 Å². The molecule has 0 saturated carbocycles. The van der Waals surface area contributed by atoms with Crippen LogP contribution in [0.4, 0.5) is 10.1 Å². The van der Waals surface area contributed by atoms with E-state index in [1.807, 2.05) is 19.2 Å². The standard InChI is InChI=1S/C15H14FN3O/c1-19-13-8-14(20-2)12(17)7-11(13)15(18-19)9-4-3-5-10(16)6-9/h3-8H,17H2,1-2H3. The Hall–Kier alpha value is -2.56. The normalized spacial score (nSPS) is 10.9. The van der Waals surface area contributed by atoms with Crippen molar-refractivity contribution in [3.8, 4) is 17.0 Å². The number of aromatic nitrogens is 2. The Labute approximate surface area is 115 Å². The molecule has 2 N–H and O–H groups in total. The highest BCUT2D eigenvalue weighted by atomic mass is 19.1. The van der Waals surface area contributed by atoms with E-state index in [4.69, 9.17) is 10.5 Å². The maximum absolute atomic E-state index is 13.4. The third kappa shape index (κ3) is 1.87. The molecule has 0 radical (unpaired) electrons. The van der Waals surface area contributed by atoms with Crippen LogP contribution in [-0.4, -0.2) is 16.9 Å². The molecule has 20 heavy (non-hydrogen) atoms. The van der Waals surface area contributed by atoms with Gasteiger partial charge in [-0.25, -0.2) is 4.39 Å². The average molecular weight is 271 g/mol. The quantitative estimate of drug-likeness (QED) is 0.729. The number of fused-ring (bicyclic) bond motifs is 1. The van der Waals surface area contributed by atoms with Gasteiger partial charge in [0.05, 0.1) is 18.3 Å². The molecule has 0 aliphatic heterocycles. The minimum absolute atomic E-state index is 0.289. The van der Waals surface area contributed by atoms with E-state index in [1.54, 1.807) is 23.9 Å². The molecule has 0 unspecified atom stereocenters. The van der Waals surface area contributed by atoms with Gasteiger partial charge < -0.3 is 10.5 Å². The first-order chi connectivity index (χ1) is 9.60. The number of nitrogens with two attached hydrogens (primary N) is 1. The lowest BCUT2D eigenvalue weighted by molar-refractivity contribution is 0.417. The lowest BCUT2D eigenvalue weighted by Crippen LogP contribution is -1.94. The zero-order valence-electron chi connectivity index (χ0n) is 11.2. The summed E-state index contributed by atoms with van der Waals surface area (Å²) in [6, 6.07) is 10.00. The van der Waals surface area contributed by atoms with E-state index in [9.17, 15) is 4.39 Å². The van der Waals surface area contributed by atoms with Gasteiger partial charge in [0.1, 0.15) is 17.3 Å². The predicted molar refractivity (Wildman–Crippen MR) is 77.1 cm³/mol. The number of rotatable bonds is 2. The fraction of sp³-hybridized carbons (Fsp3) is 0.133. The van der Waals surface area contributed by atoms with Crippen molar-refractivity contribution < 1.29 is 9.13 Å². The van der Waals surface area contributed by atoms with E-state index in [-0.39, 0.29) is 5.82 Å². The Bertz CT molecular complexity index is 795. The summed E-state index contributed by atoms with van der Waals surface area (Å²) in [7, 11) is 3.40. The van der Waals surface area contributed by atoms with Gasteiger partial charge in [-0.1, -0.05) is 12.1 Å². The van der Waals surface area contributed by atoms with Crippen LogP contribution in [0.1, 0.15) is 0 Å². The van der Waals surface area contributed by atoms with Crippen molar-refractivity contribution in [1.82, 2.24) is 9.78 Å². The maximum atomic E-state index is 13.4. The lowest BCUT2D eigenvalue weighted by Gasteiger charge is -2.05. The topological polar surface area (TPSA) is 53.1 Å². The van der Waals surface area contributed by atoms with Crippen LogP contribution in [0.3, 0.4) is 0 Å². The van der Waals surface area contributed by atoms with E-state index >= 15 is 0 Å². The zero-order chi connectivity index (χ0) is 14.3. The van der Waals surface area contributed by atoms with E-state index in [1.165, 1.54) is 12.1 Å². The summed E-state index contributed by atoms with van der Waals surface area (Å²) < 4.78 is 20.3. The SMILES string of the molecule is COc1cc2c(cc1N)c(-c1cccc(F)c1)nn2C. The summed E-state index contributed by atoms with van der Waals surface area (Å²) in [5.74, 6) is 0.314. The van der Waals surface area contributed by atoms with Crippen LogP contribution < -0.4 is 10.5 Å². The number of hydrogen-bond acceptors (Lipinski definition) is 3. The lowest BCUT2D eigenvalue weighted by atomic mass is 10.1. The monoisotopic (exact) mass is 271 g/mol. The van der Waals surface area contributed by atoms with E-state index in [2.05, 4.69) is 5.10 Å². The molecule has 0 saturated heterocycles. The molecular formula is C15H14FN3O. The largest absolute Gasteiger partial charge is 0.495 e. The second kappa shape index (κ2) is 4.52. The van der Waals surface area contributed by atoms with Gasteiger partial charge in [0.2, 0.25) is 0 Å². The summed E-state index contributed by atoms with van der Waals surface area (Å²) >= 11 is 0. The molecule has 0 atom stereocenters. The molecule has 0 amide bonds. The molecular weight excluding hydrogens is 257 g/mol. The van der Waals surface area contributed by atoms with Gasteiger partial charge in [0.15, 0.2) is 0 Å². The van der Waals surface area contributed by atoms with Gasteiger partial charge >= 0.3 is 0 Å². The van der Waals surface area contributed by atoms with E-state index < -0.39 is 0 Å². The zero-order valence-corrected chi connectivity index (χ0v) is 11.2.